The summed E-state index contributed by atoms with van der Waals surface area (Å²) in [7, 11) is 0. The molecule has 0 aliphatic rings. The number of carbonyl (C=O) groups excluding carboxylic acids is 3. The minimum atomic E-state index is -1.08. The van der Waals surface area contributed by atoms with Crippen LogP contribution in [-0.4, -0.2) is 35.5 Å². The van der Waals surface area contributed by atoms with Crippen molar-refractivity contribution in [3.8, 4) is 0 Å². The number of thiazole rings is 1. The molecule has 0 radical (unpaired) electrons. The number of nitrogens with one attached hydrogen (secondary N) is 2. The summed E-state index contributed by atoms with van der Waals surface area (Å²) in [5.74, 6) is -1.31. The number of ether oxygens (including phenoxy) is 1. The van der Waals surface area contributed by atoms with Crippen molar-refractivity contribution in [3.63, 3.8) is 0 Å². The third-order valence-corrected chi connectivity index (χ3v) is 3.59. The van der Waals surface area contributed by atoms with Gasteiger partial charge in [0.25, 0.3) is 5.91 Å². The predicted molar refractivity (Wildman–Crippen MR) is 81.7 cm³/mol. The summed E-state index contributed by atoms with van der Waals surface area (Å²) in [5, 5.41) is 4.51. The van der Waals surface area contributed by atoms with E-state index in [0.29, 0.717) is 12.1 Å². The van der Waals surface area contributed by atoms with Crippen molar-refractivity contribution >= 4 is 39.5 Å². The smallest absolute Gasteiger partial charge is 0.338 e. The number of imide groups is 1. The van der Waals surface area contributed by atoms with Gasteiger partial charge in [0, 0.05) is 6.54 Å². The molecule has 1 unspecified atom stereocenters. The van der Waals surface area contributed by atoms with Crippen LogP contribution < -0.4 is 10.6 Å². The maximum absolute atomic E-state index is 12.0. The van der Waals surface area contributed by atoms with E-state index in [1.54, 1.807) is 30.6 Å². The number of aromatic nitrogens is 1. The van der Waals surface area contributed by atoms with E-state index in [4.69, 9.17) is 4.74 Å². The van der Waals surface area contributed by atoms with Crippen LogP contribution in [0.4, 0.5) is 4.79 Å². The third kappa shape index (κ3) is 3.79. The van der Waals surface area contributed by atoms with Crippen molar-refractivity contribution in [2.75, 3.05) is 6.54 Å². The minimum Gasteiger partial charge on any atom is -0.449 e. The molecule has 1 aromatic heterocycles. The number of benzene rings is 1. The summed E-state index contributed by atoms with van der Waals surface area (Å²) >= 11 is 1.41. The van der Waals surface area contributed by atoms with E-state index in [9.17, 15) is 14.4 Å². The largest absolute Gasteiger partial charge is 0.449 e. The highest BCUT2D eigenvalue weighted by Crippen LogP contribution is 2.19. The van der Waals surface area contributed by atoms with Crippen molar-refractivity contribution in [3.05, 3.63) is 29.3 Å². The van der Waals surface area contributed by atoms with E-state index >= 15 is 0 Å². The predicted octanol–water partition coefficient (Wildman–Crippen LogP) is 1.69. The molecule has 8 heteroatoms. The molecule has 1 aromatic carbocycles. The molecule has 1 heterocycles. The molecule has 0 aliphatic carbocycles. The van der Waals surface area contributed by atoms with Crippen LogP contribution in [0.15, 0.2) is 23.7 Å². The lowest BCUT2D eigenvalue weighted by molar-refractivity contribution is -0.127. The SMILES string of the molecule is CCNC(=O)NC(=O)C(C)OC(=O)c1ccc2ncsc2c1. The third-order valence-electron chi connectivity index (χ3n) is 2.79. The van der Waals surface area contributed by atoms with Gasteiger partial charge in [0.05, 0.1) is 21.3 Å². The number of rotatable bonds is 4. The average Bonchev–Trinajstić information content (AvgIpc) is 2.94. The summed E-state index contributed by atoms with van der Waals surface area (Å²) < 4.78 is 5.91. The highest BCUT2D eigenvalue weighted by Gasteiger charge is 2.20. The zero-order valence-corrected chi connectivity index (χ0v) is 12.9. The van der Waals surface area contributed by atoms with Crippen molar-refractivity contribution in [1.82, 2.24) is 15.6 Å². The second-order valence-corrected chi connectivity index (χ2v) is 5.32. The second-order valence-electron chi connectivity index (χ2n) is 4.43. The van der Waals surface area contributed by atoms with Gasteiger partial charge in [-0.05, 0) is 32.0 Å². The summed E-state index contributed by atoms with van der Waals surface area (Å²) in [4.78, 5) is 39.1. The Morgan fingerprint density at radius 1 is 1.36 bits per heavy atom. The van der Waals surface area contributed by atoms with E-state index < -0.39 is 24.0 Å². The van der Waals surface area contributed by atoms with Gasteiger partial charge in [-0.1, -0.05) is 0 Å². The lowest BCUT2D eigenvalue weighted by Crippen LogP contribution is -2.44. The summed E-state index contributed by atoms with van der Waals surface area (Å²) in [6.45, 7) is 3.52. The van der Waals surface area contributed by atoms with Gasteiger partial charge in [0.15, 0.2) is 6.10 Å². The number of fused-ring (bicyclic) bond motifs is 1. The molecule has 2 rings (SSSR count). The van der Waals surface area contributed by atoms with Crippen LogP contribution in [0.5, 0.6) is 0 Å². The molecule has 1 atom stereocenters. The monoisotopic (exact) mass is 321 g/mol. The van der Waals surface area contributed by atoms with Crippen molar-refractivity contribution in [2.24, 2.45) is 0 Å². The molecule has 0 saturated heterocycles. The van der Waals surface area contributed by atoms with Crippen LogP contribution in [-0.2, 0) is 9.53 Å². The van der Waals surface area contributed by atoms with Crippen molar-refractivity contribution in [1.29, 1.82) is 0 Å². The first kappa shape index (κ1) is 15.9. The van der Waals surface area contributed by atoms with Crippen LogP contribution in [0.1, 0.15) is 24.2 Å². The Morgan fingerprint density at radius 3 is 2.86 bits per heavy atom. The fourth-order valence-electron chi connectivity index (χ4n) is 1.68. The standard InChI is InChI=1S/C14H15N3O4S/c1-3-15-14(20)17-12(18)8(2)21-13(19)9-4-5-10-11(6-9)22-7-16-10/h4-8H,3H2,1-2H3,(H2,15,17,18,20). The van der Waals surface area contributed by atoms with E-state index in [2.05, 4.69) is 15.6 Å². The Hall–Kier alpha value is -2.48. The van der Waals surface area contributed by atoms with E-state index in [1.807, 2.05) is 0 Å². The van der Waals surface area contributed by atoms with E-state index in [0.717, 1.165) is 10.2 Å². The Kier molecular flexibility index (Phi) is 5.05. The van der Waals surface area contributed by atoms with E-state index in [1.165, 1.54) is 18.3 Å². The van der Waals surface area contributed by atoms with Gasteiger partial charge in [-0.2, -0.15) is 0 Å². The van der Waals surface area contributed by atoms with Crippen LogP contribution in [0.3, 0.4) is 0 Å². The molecule has 2 N–H and O–H groups in total. The molecule has 0 fully saturated rings. The Balaban J connectivity index is 1.98. The quantitative estimate of drug-likeness (QED) is 0.835. The molecule has 3 amide bonds. The molecule has 0 aliphatic heterocycles. The Labute approximate surface area is 130 Å². The molecule has 2 aromatic rings. The van der Waals surface area contributed by atoms with Crippen molar-refractivity contribution in [2.45, 2.75) is 20.0 Å². The van der Waals surface area contributed by atoms with Gasteiger partial charge in [0.1, 0.15) is 0 Å². The van der Waals surface area contributed by atoms with Crippen LogP contribution in [0, 0.1) is 0 Å². The zero-order chi connectivity index (χ0) is 16.1. The maximum atomic E-state index is 12.0. The number of hydrogen-bond acceptors (Lipinski definition) is 6. The number of amides is 3. The molecule has 7 nitrogen and oxygen atoms in total. The van der Waals surface area contributed by atoms with Crippen molar-refractivity contribution < 1.29 is 19.1 Å². The molecule has 0 saturated carbocycles. The Bertz CT molecular complexity index is 713. The first-order valence-electron chi connectivity index (χ1n) is 6.64. The number of hydrogen-bond donors (Lipinski definition) is 2. The first-order chi connectivity index (χ1) is 10.5. The summed E-state index contributed by atoms with van der Waals surface area (Å²) in [5.41, 5.74) is 2.81. The first-order valence-corrected chi connectivity index (χ1v) is 7.52. The van der Waals surface area contributed by atoms with Gasteiger partial charge < -0.3 is 10.1 Å². The highest BCUT2D eigenvalue weighted by atomic mass is 32.1. The van der Waals surface area contributed by atoms with Crippen LogP contribution in [0.25, 0.3) is 10.2 Å². The van der Waals surface area contributed by atoms with Gasteiger partial charge in [-0.3, -0.25) is 10.1 Å². The Morgan fingerprint density at radius 2 is 2.14 bits per heavy atom. The number of nitrogens with zero attached hydrogens (tertiary/aromatic N) is 1. The average molecular weight is 321 g/mol. The van der Waals surface area contributed by atoms with E-state index in [-0.39, 0.29) is 0 Å². The summed E-state index contributed by atoms with van der Waals surface area (Å²) in [6, 6.07) is 4.33. The number of urea groups is 1. The number of carbonyl (C=O) groups is 3. The van der Waals surface area contributed by atoms with Gasteiger partial charge in [0.2, 0.25) is 0 Å². The molecular formula is C14H15N3O4S. The second kappa shape index (κ2) is 6.99. The molecule has 0 bridgehead atoms. The fourth-order valence-corrected chi connectivity index (χ4v) is 2.40. The maximum Gasteiger partial charge on any atom is 0.338 e. The highest BCUT2D eigenvalue weighted by molar-refractivity contribution is 7.16. The normalized spacial score (nSPS) is 11.7. The topological polar surface area (TPSA) is 97.4 Å². The lowest BCUT2D eigenvalue weighted by Gasteiger charge is -2.13. The van der Waals surface area contributed by atoms with Gasteiger partial charge >= 0.3 is 12.0 Å². The molecular weight excluding hydrogens is 306 g/mol. The van der Waals surface area contributed by atoms with Crippen LogP contribution in [0.2, 0.25) is 0 Å². The summed E-state index contributed by atoms with van der Waals surface area (Å²) in [6.07, 6.45) is -1.08. The van der Waals surface area contributed by atoms with Crippen LogP contribution >= 0.6 is 11.3 Å². The lowest BCUT2D eigenvalue weighted by atomic mass is 10.2. The fraction of sp³-hybridized carbons (Fsp3) is 0.286. The number of esters is 1. The van der Waals surface area contributed by atoms with Gasteiger partial charge in [-0.25, -0.2) is 14.6 Å². The van der Waals surface area contributed by atoms with Gasteiger partial charge in [-0.15, -0.1) is 11.3 Å². The zero-order valence-electron chi connectivity index (χ0n) is 12.1. The minimum absolute atomic E-state index is 0.328. The molecule has 116 valence electrons. The molecule has 0 spiro atoms. The molecule has 22 heavy (non-hydrogen) atoms.